The molecule has 2 aromatic heterocycles. The quantitative estimate of drug-likeness (QED) is 0.868. The van der Waals surface area contributed by atoms with Crippen LogP contribution in [0.2, 0.25) is 0 Å². The van der Waals surface area contributed by atoms with E-state index >= 15 is 0 Å². The van der Waals surface area contributed by atoms with Gasteiger partial charge < -0.3 is 10.2 Å². The average molecular weight is 315 g/mol. The van der Waals surface area contributed by atoms with Crippen LogP contribution in [0.15, 0.2) is 34.2 Å². The van der Waals surface area contributed by atoms with Crippen molar-refractivity contribution in [3.05, 3.63) is 30.5 Å². The van der Waals surface area contributed by atoms with Crippen LogP contribution in [-0.4, -0.2) is 33.9 Å². The van der Waals surface area contributed by atoms with E-state index in [4.69, 9.17) is 0 Å². The highest BCUT2D eigenvalue weighted by molar-refractivity contribution is 8.13. The number of fused-ring (bicyclic) bond motifs is 2. The summed E-state index contributed by atoms with van der Waals surface area (Å²) in [5, 5.41) is 3.91. The van der Waals surface area contributed by atoms with Crippen molar-refractivity contribution in [3.8, 4) is 0 Å². The summed E-state index contributed by atoms with van der Waals surface area (Å²) in [7, 11) is 0. The summed E-state index contributed by atoms with van der Waals surface area (Å²) in [6, 6.07) is 7.80. The van der Waals surface area contributed by atoms with Crippen LogP contribution >= 0.6 is 23.5 Å². The summed E-state index contributed by atoms with van der Waals surface area (Å²) in [4.78, 5) is 23.7. The number of pyridine rings is 2. The maximum atomic E-state index is 11.5. The third-order valence-electron chi connectivity index (χ3n) is 3.28. The van der Waals surface area contributed by atoms with E-state index in [1.165, 1.54) is 11.8 Å². The molecule has 0 unspecified atom stereocenters. The lowest BCUT2D eigenvalue weighted by Crippen LogP contribution is -2.26. The Bertz CT molecular complexity index is 722. The van der Waals surface area contributed by atoms with Crippen molar-refractivity contribution in [2.75, 3.05) is 29.1 Å². The van der Waals surface area contributed by atoms with Crippen LogP contribution < -0.4 is 10.2 Å². The van der Waals surface area contributed by atoms with Crippen molar-refractivity contribution in [2.45, 2.75) is 9.92 Å². The van der Waals surface area contributed by atoms with Crippen LogP contribution in [0.5, 0.6) is 0 Å². The van der Waals surface area contributed by atoms with Crippen LogP contribution in [-0.2, 0) is 4.79 Å². The van der Waals surface area contributed by atoms with Crippen molar-refractivity contribution in [1.82, 2.24) is 9.97 Å². The van der Waals surface area contributed by atoms with Crippen molar-refractivity contribution >= 4 is 46.0 Å². The molecule has 0 spiro atoms. The molecule has 4 heterocycles. The zero-order valence-electron chi connectivity index (χ0n) is 11.0. The predicted octanol–water partition coefficient (Wildman–Crippen LogP) is 2.56. The SMILES string of the molecule is O=C1CNc2ccc(N3CCSc4cc[c]nc43)nc2S1. The van der Waals surface area contributed by atoms with Gasteiger partial charge in [0.05, 0.1) is 23.3 Å². The molecule has 0 amide bonds. The fourth-order valence-corrected chi connectivity index (χ4v) is 4.02. The summed E-state index contributed by atoms with van der Waals surface area (Å²) < 4.78 is 0. The molecule has 105 valence electrons. The minimum atomic E-state index is 0.0909. The molecule has 7 heteroatoms. The largest absolute Gasteiger partial charge is 0.375 e. The van der Waals surface area contributed by atoms with Crippen molar-refractivity contribution in [2.24, 2.45) is 0 Å². The Labute approximate surface area is 130 Å². The van der Waals surface area contributed by atoms with E-state index in [1.54, 1.807) is 11.8 Å². The number of thioether (sulfide) groups is 2. The minimum absolute atomic E-state index is 0.0909. The molecule has 2 aliphatic rings. The molecule has 0 saturated carbocycles. The fraction of sp³-hybridized carbons (Fsp3) is 0.214. The van der Waals surface area contributed by atoms with Crippen molar-refractivity contribution in [3.63, 3.8) is 0 Å². The topological polar surface area (TPSA) is 58.1 Å². The Morgan fingerprint density at radius 3 is 3.24 bits per heavy atom. The van der Waals surface area contributed by atoms with E-state index in [2.05, 4.69) is 26.4 Å². The van der Waals surface area contributed by atoms with Crippen molar-refractivity contribution < 1.29 is 4.79 Å². The maximum absolute atomic E-state index is 11.5. The van der Waals surface area contributed by atoms with Crippen LogP contribution in [0, 0.1) is 6.20 Å². The van der Waals surface area contributed by atoms with Gasteiger partial charge in [-0.1, -0.05) is 0 Å². The number of anilines is 3. The number of hydrogen-bond donors (Lipinski definition) is 1. The van der Waals surface area contributed by atoms with Gasteiger partial charge in [0.25, 0.3) is 0 Å². The van der Waals surface area contributed by atoms with Crippen LogP contribution in [0.4, 0.5) is 17.3 Å². The molecule has 1 radical (unpaired) electrons. The molecule has 5 nitrogen and oxygen atoms in total. The second kappa shape index (κ2) is 5.23. The monoisotopic (exact) mass is 315 g/mol. The van der Waals surface area contributed by atoms with E-state index in [0.29, 0.717) is 6.54 Å². The molecular formula is C14H11N4OS2. The van der Waals surface area contributed by atoms with E-state index < -0.39 is 0 Å². The van der Waals surface area contributed by atoms with Gasteiger partial charge in [-0.2, -0.15) is 0 Å². The first-order valence-corrected chi connectivity index (χ1v) is 8.34. The Morgan fingerprint density at radius 1 is 1.33 bits per heavy atom. The second-order valence-electron chi connectivity index (χ2n) is 4.61. The molecule has 0 bridgehead atoms. The smallest absolute Gasteiger partial charge is 0.214 e. The summed E-state index contributed by atoms with van der Waals surface area (Å²) in [6.45, 7) is 1.21. The molecule has 0 aliphatic carbocycles. The van der Waals surface area contributed by atoms with Gasteiger partial charge >= 0.3 is 0 Å². The lowest BCUT2D eigenvalue weighted by atomic mass is 10.3. The average Bonchev–Trinajstić information content (AvgIpc) is 2.53. The molecular weight excluding hydrogens is 304 g/mol. The predicted molar refractivity (Wildman–Crippen MR) is 84.4 cm³/mol. The summed E-state index contributed by atoms with van der Waals surface area (Å²) in [5.74, 6) is 2.70. The summed E-state index contributed by atoms with van der Waals surface area (Å²) >= 11 is 2.99. The number of nitrogens with zero attached hydrogens (tertiary/aromatic N) is 3. The van der Waals surface area contributed by atoms with E-state index in [9.17, 15) is 4.79 Å². The highest BCUT2D eigenvalue weighted by Gasteiger charge is 2.23. The number of hydrogen-bond acceptors (Lipinski definition) is 7. The first kappa shape index (κ1) is 13.0. The highest BCUT2D eigenvalue weighted by atomic mass is 32.2. The van der Waals surface area contributed by atoms with Crippen LogP contribution in [0.1, 0.15) is 0 Å². The van der Waals surface area contributed by atoms with Gasteiger partial charge in [0, 0.05) is 12.3 Å². The van der Waals surface area contributed by atoms with Gasteiger partial charge in [0.15, 0.2) is 0 Å². The summed E-state index contributed by atoms with van der Waals surface area (Å²) in [6.07, 6.45) is 2.89. The number of aromatic nitrogens is 2. The van der Waals surface area contributed by atoms with Gasteiger partial charge in [-0.15, -0.1) is 11.8 Å². The van der Waals surface area contributed by atoms with Crippen LogP contribution in [0.25, 0.3) is 0 Å². The molecule has 0 saturated heterocycles. The van der Waals surface area contributed by atoms with Gasteiger partial charge in [-0.05, 0) is 36.0 Å². The van der Waals surface area contributed by atoms with Crippen LogP contribution in [0.3, 0.4) is 0 Å². The number of rotatable bonds is 1. The fourth-order valence-electron chi connectivity index (χ4n) is 2.33. The zero-order chi connectivity index (χ0) is 14.2. The summed E-state index contributed by atoms with van der Waals surface area (Å²) in [5.41, 5.74) is 0.919. The Hall–Kier alpha value is -1.73. The third-order valence-corrected chi connectivity index (χ3v) is 5.18. The molecule has 2 aliphatic heterocycles. The second-order valence-corrected chi connectivity index (χ2v) is 6.79. The lowest BCUT2D eigenvalue weighted by Gasteiger charge is -2.29. The standard InChI is InChI=1S/C14H11N4OS2/c19-12-8-16-9-3-4-11(17-14(9)21-12)18-6-7-20-10-2-1-5-15-13(10)18/h1-4,16H,6-8H2. The zero-order valence-corrected chi connectivity index (χ0v) is 12.6. The number of carbonyl (C=O) groups excluding carboxylic acids is 1. The maximum Gasteiger partial charge on any atom is 0.214 e. The molecule has 21 heavy (non-hydrogen) atoms. The van der Waals surface area contributed by atoms with Gasteiger partial charge in [0.1, 0.15) is 16.7 Å². The van der Waals surface area contributed by atoms with Gasteiger partial charge in [0.2, 0.25) is 5.12 Å². The normalized spacial score (nSPS) is 17.0. The van der Waals surface area contributed by atoms with Crippen molar-refractivity contribution in [1.29, 1.82) is 0 Å². The highest BCUT2D eigenvalue weighted by Crippen LogP contribution is 2.38. The third kappa shape index (κ3) is 2.36. The van der Waals surface area contributed by atoms with E-state index in [0.717, 1.165) is 39.5 Å². The Kier molecular flexibility index (Phi) is 3.23. The molecule has 4 rings (SSSR count). The van der Waals surface area contributed by atoms with Gasteiger partial charge in [-0.25, -0.2) is 9.97 Å². The van der Waals surface area contributed by atoms with E-state index in [1.807, 2.05) is 24.3 Å². The first-order chi connectivity index (χ1) is 10.3. The molecule has 0 aromatic carbocycles. The first-order valence-electron chi connectivity index (χ1n) is 6.54. The Balaban J connectivity index is 1.75. The number of nitrogens with one attached hydrogen (secondary N) is 1. The molecule has 1 N–H and O–H groups in total. The minimum Gasteiger partial charge on any atom is -0.375 e. The Morgan fingerprint density at radius 2 is 2.29 bits per heavy atom. The lowest BCUT2D eigenvalue weighted by molar-refractivity contribution is -0.109. The molecule has 0 atom stereocenters. The number of carbonyl (C=O) groups is 1. The molecule has 0 fully saturated rings. The van der Waals surface area contributed by atoms with Gasteiger partial charge in [-0.3, -0.25) is 4.79 Å². The molecule has 2 aromatic rings. The van der Waals surface area contributed by atoms with E-state index in [-0.39, 0.29) is 5.12 Å².